The number of hydrogen-bond acceptors (Lipinski definition) is 3. The molecule has 3 aromatic carbocycles. The Morgan fingerprint density at radius 3 is 2.19 bits per heavy atom. The maximum atomic E-state index is 13.0. The molecule has 0 fully saturated rings. The molecule has 134 valence electrons. The molecule has 0 amide bonds. The molecule has 0 aliphatic carbocycles. The predicted octanol–water partition coefficient (Wildman–Crippen LogP) is 4.78. The minimum atomic E-state index is -3.73. The number of hydrogen-bond donors (Lipinski definition) is 1. The fourth-order valence-electron chi connectivity index (χ4n) is 2.91. The number of benzene rings is 3. The number of sulfonamides is 1. The van der Waals surface area contributed by atoms with Crippen molar-refractivity contribution in [3.8, 4) is 16.9 Å². The number of methoxy groups -OCH3 is 1. The second-order valence-electron chi connectivity index (χ2n) is 6.10. The van der Waals surface area contributed by atoms with E-state index >= 15 is 0 Å². The van der Waals surface area contributed by atoms with Gasteiger partial charge in [-0.25, -0.2) is 8.42 Å². The summed E-state index contributed by atoms with van der Waals surface area (Å²) in [5.74, 6) is 0.672. The van der Waals surface area contributed by atoms with E-state index in [-0.39, 0.29) is 4.90 Å². The molecule has 0 saturated carbocycles. The van der Waals surface area contributed by atoms with Crippen LogP contribution in [0, 0.1) is 13.8 Å². The first kappa shape index (κ1) is 18.0. The second kappa shape index (κ2) is 7.22. The van der Waals surface area contributed by atoms with Gasteiger partial charge in [-0.3, -0.25) is 4.72 Å². The maximum Gasteiger partial charge on any atom is 0.262 e. The van der Waals surface area contributed by atoms with Crippen molar-refractivity contribution in [2.45, 2.75) is 18.7 Å². The van der Waals surface area contributed by atoms with Gasteiger partial charge in [0.1, 0.15) is 5.75 Å². The molecule has 0 spiro atoms. The summed E-state index contributed by atoms with van der Waals surface area (Å²) in [5.41, 5.74) is 3.74. The van der Waals surface area contributed by atoms with Gasteiger partial charge in [-0.05, 0) is 48.7 Å². The van der Waals surface area contributed by atoms with Crippen molar-refractivity contribution >= 4 is 15.7 Å². The topological polar surface area (TPSA) is 55.4 Å². The molecule has 26 heavy (non-hydrogen) atoms. The van der Waals surface area contributed by atoms with Gasteiger partial charge in [0.15, 0.2) is 0 Å². The molecule has 0 saturated heterocycles. The van der Waals surface area contributed by atoms with Gasteiger partial charge in [0, 0.05) is 5.56 Å². The number of ether oxygens (including phenoxy) is 1. The lowest BCUT2D eigenvalue weighted by molar-refractivity contribution is 0.411. The summed E-state index contributed by atoms with van der Waals surface area (Å²) >= 11 is 0. The van der Waals surface area contributed by atoms with Gasteiger partial charge < -0.3 is 4.74 Å². The average Bonchev–Trinajstić information content (AvgIpc) is 2.64. The normalized spacial score (nSPS) is 11.2. The standard InChI is InChI=1S/C21H21NO3S/c1-15-14-21(16(2)13-20(15)25-3)26(23,24)22-19-12-8-7-11-18(19)17-9-5-4-6-10-17/h4-14,22H,1-3H3. The van der Waals surface area contributed by atoms with Gasteiger partial charge in [-0.2, -0.15) is 0 Å². The van der Waals surface area contributed by atoms with Crippen LogP contribution < -0.4 is 9.46 Å². The fourth-order valence-corrected chi connectivity index (χ4v) is 4.31. The van der Waals surface area contributed by atoms with Crippen LogP contribution in [0.5, 0.6) is 5.75 Å². The predicted molar refractivity (Wildman–Crippen MR) is 105 cm³/mol. The minimum absolute atomic E-state index is 0.249. The Hall–Kier alpha value is -2.79. The monoisotopic (exact) mass is 367 g/mol. The zero-order valence-electron chi connectivity index (χ0n) is 15.0. The first-order valence-corrected chi connectivity index (χ1v) is 9.73. The molecular weight excluding hydrogens is 346 g/mol. The number of nitrogens with one attached hydrogen (secondary N) is 1. The zero-order chi connectivity index (χ0) is 18.7. The quantitative estimate of drug-likeness (QED) is 0.706. The van der Waals surface area contributed by atoms with Crippen molar-refractivity contribution < 1.29 is 13.2 Å². The maximum absolute atomic E-state index is 13.0. The van der Waals surface area contributed by atoms with Gasteiger partial charge in [0.25, 0.3) is 10.0 Å². The summed E-state index contributed by atoms with van der Waals surface area (Å²) in [6.45, 7) is 3.59. The lowest BCUT2D eigenvalue weighted by atomic mass is 10.0. The molecule has 0 unspecified atom stereocenters. The zero-order valence-corrected chi connectivity index (χ0v) is 15.8. The van der Waals surface area contributed by atoms with Crippen LogP contribution in [0.2, 0.25) is 0 Å². The summed E-state index contributed by atoms with van der Waals surface area (Å²) in [6, 6.07) is 20.5. The highest BCUT2D eigenvalue weighted by molar-refractivity contribution is 7.92. The van der Waals surface area contributed by atoms with E-state index in [0.29, 0.717) is 17.0 Å². The molecule has 3 rings (SSSR count). The molecule has 3 aromatic rings. The average molecular weight is 367 g/mol. The molecule has 0 heterocycles. The Balaban J connectivity index is 2.03. The highest BCUT2D eigenvalue weighted by Crippen LogP contribution is 2.31. The molecule has 4 nitrogen and oxygen atoms in total. The van der Waals surface area contributed by atoms with Gasteiger partial charge in [-0.1, -0.05) is 48.5 Å². The second-order valence-corrected chi connectivity index (χ2v) is 7.76. The van der Waals surface area contributed by atoms with Crippen LogP contribution in [0.15, 0.2) is 71.6 Å². The first-order chi connectivity index (χ1) is 12.4. The number of para-hydroxylation sites is 1. The highest BCUT2D eigenvalue weighted by atomic mass is 32.2. The third kappa shape index (κ3) is 3.58. The van der Waals surface area contributed by atoms with Crippen LogP contribution in [0.1, 0.15) is 11.1 Å². The molecule has 0 radical (unpaired) electrons. The van der Waals surface area contributed by atoms with Crippen molar-refractivity contribution in [3.63, 3.8) is 0 Å². The smallest absolute Gasteiger partial charge is 0.262 e. The summed E-state index contributed by atoms with van der Waals surface area (Å²) in [4.78, 5) is 0.249. The third-order valence-electron chi connectivity index (χ3n) is 4.24. The Morgan fingerprint density at radius 1 is 0.846 bits per heavy atom. The van der Waals surface area contributed by atoms with Crippen LogP contribution in [-0.4, -0.2) is 15.5 Å². The van der Waals surface area contributed by atoms with Crippen molar-refractivity contribution in [3.05, 3.63) is 77.9 Å². The van der Waals surface area contributed by atoms with Gasteiger partial charge in [-0.15, -0.1) is 0 Å². The van der Waals surface area contributed by atoms with E-state index in [2.05, 4.69) is 4.72 Å². The summed E-state index contributed by atoms with van der Waals surface area (Å²) in [7, 11) is -2.15. The van der Waals surface area contributed by atoms with Crippen molar-refractivity contribution in [1.29, 1.82) is 0 Å². The SMILES string of the molecule is COc1cc(C)c(S(=O)(=O)Nc2ccccc2-c2ccccc2)cc1C. The van der Waals surface area contributed by atoms with Crippen LogP contribution in [0.4, 0.5) is 5.69 Å². The Bertz CT molecular complexity index is 1030. The van der Waals surface area contributed by atoms with Crippen LogP contribution in [0.25, 0.3) is 11.1 Å². The Kier molecular flexibility index (Phi) is 5.00. The van der Waals surface area contributed by atoms with E-state index in [0.717, 1.165) is 16.7 Å². The van der Waals surface area contributed by atoms with Crippen molar-refractivity contribution in [2.75, 3.05) is 11.8 Å². The van der Waals surface area contributed by atoms with Gasteiger partial charge >= 0.3 is 0 Å². The Morgan fingerprint density at radius 2 is 1.50 bits per heavy atom. The summed E-state index contributed by atoms with van der Waals surface area (Å²) in [5, 5.41) is 0. The number of rotatable bonds is 5. The third-order valence-corrected chi connectivity index (χ3v) is 5.75. The first-order valence-electron chi connectivity index (χ1n) is 8.25. The lowest BCUT2D eigenvalue weighted by Crippen LogP contribution is -2.15. The lowest BCUT2D eigenvalue weighted by Gasteiger charge is -2.15. The van der Waals surface area contributed by atoms with Gasteiger partial charge in [0.05, 0.1) is 17.7 Å². The van der Waals surface area contributed by atoms with Gasteiger partial charge in [0.2, 0.25) is 0 Å². The summed E-state index contributed by atoms with van der Waals surface area (Å²) < 4.78 is 34.0. The minimum Gasteiger partial charge on any atom is -0.496 e. The highest BCUT2D eigenvalue weighted by Gasteiger charge is 2.20. The van der Waals surface area contributed by atoms with Crippen LogP contribution >= 0.6 is 0 Å². The van der Waals surface area contributed by atoms with E-state index in [1.54, 1.807) is 32.2 Å². The molecular formula is C21H21NO3S. The van der Waals surface area contributed by atoms with E-state index < -0.39 is 10.0 Å². The molecule has 0 aliphatic rings. The van der Waals surface area contributed by atoms with Crippen LogP contribution in [-0.2, 0) is 10.0 Å². The van der Waals surface area contributed by atoms with E-state index in [1.807, 2.05) is 55.5 Å². The fraction of sp³-hybridized carbons (Fsp3) is 0.143. The number of aryl methyl sites for hydroxylation is 2. The molecule has 1 N–H and O–H groups in total. The van der Waals surface area contributed by atoms with E-state index in [1.165, 1.54) is 0 Å². The molecule has 0 aromatic heterocycles. The van der Waals surface area contributed by atoms with Crippen molar-refractivity contribution in [1.82, 2.24) is 0 Å². The Labute approximate surface area is 154 Å². The molecule has 0 bridgehead atoms. The summed E-state index contributed by atoms with van der Waals surface area (Å²) in [6.07, 6.45) is 0. The van der Waals surface area contributed by atoms with E-state index in [9.17, 15) is 8.42 Å². The molecule has 0 aliphatic heterocycles. The van der Waals surface area contributed by atoms with E-state index in [4.69, 9.17) is 4.74 Å². The molecule has 5 heteroatoms. The van der Waals surface area contributed by atoms with Crippen LogP contribution in [0.3, 0.4) is 0 Å². The largest absolute Gasteiger partial charge is 0.496 e. The number of anilines is 1. The molecule has 0 atom stereocenters. The van der Waals surface area contributed by atoms with Crippen molar-refractivity contribution in [2.24, 2.45) is 0 Å².